The standard InChI is InChI=1S/C16H18N2O3/c1-3-21-14-7-5-4-6-13(14)18-11-8-10(2)15(17)12(9-11)16(19)20/h4-9,18H,3,17H2,1-2H3,(H,19,20). The lowest BCUT2D eigenvalue weighted by Gasteiger charge is -2.14. The van der Waals surface area contributed by atoms with Crippen molar-refractivity contribution in [1.29, 1.82) is 0 Å². The molecule has 21 heavy (non-hydrogen) atoms. The third-order valence-electron chi connectivity index (χ3n) is 3.08. The number of hydrogen-bond acceptors (Lipinski definition) is 4. The van der Waals surface area contributed by atoms with Crippen molar-refractivity contribution >= 4 is 23.0 Å². The van der Waals surface area contributed by atoms with E-state index in [2.05, 4.69) is 5.32 Å². The molecule has 0 unspecified atom stereocenters. The van der Waals surface area contributed by atoms with E-state index in [1.165, 1.54) is 6.07 Å². The number of benzene rings is 2. The summed E-state index contributed by atoms with van der Waals surface area (Å²) >= 11 is 0. The molecule has 0 aliphatic carbocycles. The van der Waals surface area contributed by atoms with Crippen molar-refractivity contribution < 1.29 is 14.6 Å². The Balaban J connectivity index is 2.38. The van der Waals surface area contributed by atoms with Gasteiger partial charge in [-0.3, -0.25) is 0 Å². The van der Waals surface area contributed by atoms with Crippen molar-refractivity contribution in [2.24, 2.45) is 0 Å². The number of carboxylic acid groups (broad SMARTS) is 1. The number of hydrogen-bond donors (Lipinski definition) is 3. The molecule has 0 saturated heterocycles. The Kier molecular flexibility index (Phi) is 4.33. The van der Waals surface area contributed by atoms with Gasteiger partial charge in [0.05, 0.1) is 17.9 Å². The molecule has 0 fully saturated rings. The van der Waals surface area contributed by atoms with E-state index in [1.807, 2.05) is 37.3 Å². The molecule has 5 nitrogen and oxygen atoms in total. The minimum absolute atomic E-state index is 0.0893. The SMILES string of the molecule is CCOc1ccccc1Nc1cc(C)c(N)c(C(=O)O)c1. The molecule has 0 heterocycles. The lowest BCUT2D eigenvalue weighted by atomic mass is 10.1. The second kappa shape index (κ2) is 6.17. The highest BCUT2D eigenvalue weighted by Gasteiger charge is 2.12. The average molecular weight is 286 g/mol. The normalized spacial score (nSPS) is 10.2. The summed E-state index contributed by atoms with van der Waals surface area (Å²) in [5.41, 5.74) is 8.31. The van der Waals surface area contributed by atoms with Crippen LogP contribution < -0.4 is 15.8 Å². The maximum Gasteiger partial charge on any atom is 0.337 e. The summed E-state index contributed by atoms with van der Waals surface area (Å²) in [4.78, 5) is 11.2. The number of aromatic carboxylic acids is 1. The number of anilines is 3. The molecule has 0 bridgehead atoms. The van der Waals surface area contributed by atoms with Gasteiger partial charge in [0.2, 0.25) is 0 Å². The Bertz CT molecular complexity index is 669. The van der Waals surface area contributed by atoms with Crippen LogP contribution in [0.15, 0.2) is 36.4 Å². The molecule has 110 valence electrons. The zero-order chi connectivity index (χ0) is 15.4. The van der Waals surface area contributed by atoms with E-state index < -0.39 is 5.97 Å². The molecular formula is C16H18N2O3. The fourth-order valence-corrected chi connectivity index (χ4v) is 2.05. The lowest BCUT2D eigenvalue weighted by molar-refractivity contribution is 0.0698. The van der Waals surface area contributed by atoms with Crippen LogP contribution in [-0.4, -0.2) is 17.7 Å². The first-order valence-electron chi connectivity index (χ1n) is 6.65. The van der Waals surface area contributed by atoms with Crippen LogP contribution in [-0.2, 0) is 0 Å². The summed E-state index contributed by atoms with van der Waals surface area (Å²) in [6.45, 7) is 4.24. The quantitative estimate of drug-likeness (QED) is 0.733. The molecule has 0 atom stereocenters. The maximum atomic E-state index is 11.2. The number of nitrogens with one attached hydrogen (secondary N) is 1. The summed E-state index contributed by atoms with van der Waals surface area (Å²) < 4.78 is 5.54. The molecule has 0 radical (unpaired) electrons. The Morgan fingerprint density at radius 2 is 2.05 bits per heavy atom. The van der Waals surface area contributed by atoms with Crippen molar-refractivity contribution in [2.45, 2.75) is 13.8 Å². The van der Waals surface area contributed by atoms with Crippen LogP contribution in [0.2, 0.25) is 0 Å². The molecule has 0 aliphatic rings. The molecule has 0 saturated carbocycles. The van der Waals surface area contributed by atoms with E-state index in [1.54, 1.807) is 6.92 Å². The summed E-state index contributed by atoms with van der Waals surface area (Å²) in [7, 11) is 0. The van der Waals surface area contributed by atoms with Gasteiger partial charge in [-0.15, -0.1) is 0 Å². The number of para-hydroxylation sites is 2. The smallest absolute Gasteiger partial charge is 0.337 e. The number of ether oxygens (including phenoxy) is 1. The summed E-state index contributed by atoms with van der Waals surface area (Å²) in [5.74, 6) is -0.330. The van der Waals surface area contributed by atoms with Gasteiger partial charge in [0, 0.05) is 11.4 Å². The third kappa shape index (κ3) is 3.25. The Hall–Kier alpha value is -2.69. The van der Waals surface area contributed by atoms with E-state index in [0.29, 0.717) is 23.6 Å². The first kappa shape index (κ1) is 14.7. The zero-order valence-electron chi connectivity index (χ0n) is 12.0. The van der Waals surface area contributed by atoms with E-state index in [-0.39, 0.29) is 11.3 Å². The highest BCUT2D eigenvalue weighted by molar-refractivity contribution is 5.96. The summed E-state index contributed by atoms with van der Waals surface area (Å²) in [6, 6.07) is 10.8. The number of rotatable bonds is 5. The molecular weight excluding hydrogens is 268 g/mol. The van der Waals surface area contributed by atoms with Gasteiger partial charge in [-0.05, 0) is 43.7 Å². The predicted octanol–water partition coefficient (Wildman–Crippen LogP) is 3.42. The molecule has 4 N–H and O–H groups in total. The largest absolute Gasteiger partial charge is 0.492 e. The molecule has 2 rings (SSSR count). The second-order valence-corrected chi connectivity index (χ2v) is 4.61. The van der Waals surface area contributed by atoms with Crippen molar-refractivity contribution in [3.05, 3.63) is 47.5 Å². The monoisotopic (exact) mass is 286 g/mol. The molecule has 2 aromatic rings. The van der Waals surface area contributed by atoms with Crippen LogP contribution in [0.1, 0.15) is 22.8 Å². The predicted molar refractivity (Wildman–Crippen MR) is 83.4 cm³/mol. The van der Waals surface area contributed by atoms with Crippen LogP contribution in [0, 0.1) is 6.92 Å². The van der Waals surface area contributed by atoms with Gasteiger partial charge in [-0.1, -0.05) is 12.1 Å². The number of carbonyl (C=O) groups is 1. The van der Waals surface area contributed by atoms with Crippen LogP contribution in [0.3, 0.4) is 0 Å². The topological polar surface area (TPSA) is 84.6 Å². The highest BCUT2D eigenvalue weighted by atomic mass is 16.5. The fraction of sp³-hybridized carbons (Fsp3) is 0.188. The first-order chi connectivity index (χ1) is 10.0. The maximum absolute atomic E-state index is 11.2. The molecule has 5 heteroatoms. The fourth-order valence-electron chi connectivity index (χ4n) is 2.05. The Labute approximate surface area is 123 Å². The van der Waals surface area contributed by atoms with Crippen molar-refractivity contribution in [1.82, 2.24) is 0 Å². The van der Waals surface area contributed by atoms with Gasteiger partial charge in [0.25, 0.3) is 0 Å². The van der Waals surface area contributed by atoms with Gasteiger partial charge in [0.1, 0.15) is 5.75 Å². The van der Waals surface area contributed by atoms with Crippen LogP contribution in [0.4, 0.5) is 17.1 Å². The van der Waals surface area contributed by atoms with E-state index >= 15 is 0 Å². The number of carboxylic acids is 1. The van der Waals surface area contributed by atoms with E-state index in [4.69, 9.17) is 10.5 Å². The summed E-state index contributed by atoms with van der Waals surface area (Å²) in [6.07, 6.45) is 0. The summed E-state index contributed by atoms with van der Waals surface area (Å²) in [5, 5.41) is 12.4. The Morgan fingerprint density at radius 3 is 2.71 bits per heavy atom. The van der Waals surface area contributed by atoms with Gasteiger partial charge >= 0.3 is 5.97 Å². The van der Waals surface area contributed by atoms with Crippen molar-refractivity contribution in [3.63, 3.8) is 0 Å². The number of aryl methyl sites for hydroxylation is 1. The molecule has 0 amide bonds. The van der Waals surface area contributed by atoms with Gasteiger partial charge in [-0.25, -0.2) is 4.79 Å². The zero-order valence-corrected chi connectivity index (χ0v) is 12.0. The molecule has 2 aromatic carbocycles. The minimum Gasteiger partial charge on any atom is -0.492 e. The van der Waals surface area contributed by atoms with Crippen molar-refractivity contribution in [3.8, 4) is 5.75 Å². The van der Waals surface area contributed by atoms with Crippen LogP contribution in [0.25, 0.3) is 0 Å². The lowest BCUT2D eigenvalue weighted by Crippen LogP contribution is -2.06. The second-order valence-electron chi connectivity index (χ2n) is 4.61. The van der Waals surface area contributed by atoms with Gasteiger partial charge in [0.15, 0.2) is 0 Å². The number of nitrogen functional groups attached to an aromatic ring is 1. The molecule has 0 spiro atoms. The Morgan fingerprint density at radius 1 is 1.33 bits per heavy atom. The van der Waals surface area contributed by atoms with Gasteiger partial charge in [-0.2, -0.15) is 0 Å². The van der Waals surface area contributed by atoms with Crippen molar-refractivity contribution in [2.75, 3.05) is 17.7 Å². The number of nitrogens with two attached hydrogens (primary N) is 1. The van der Waals surface area contributed by atoms with Gasteiger partial charge < -0.3 is 20.9 Å². The highest BCUT2D eigenvalue weighted by Crippen LogP contribution is 2.30. The van der Waals surface area contributed by atoms with Crippen LogP contribution >= 0.6 is 0 Å². The first-order valence-corrected chi connectivity index (χ1v) is 6.65. The molecule has 0 aromatic heterocycles. The van der Waals surface area contributed by atoms with E-state index in [0.717, 1.165) is 5.69 Å². The van der Waals surface area contributed by atoms with Crippen LogP contribution in [0.5, 0.6) is 5.75 Å². The average Bonchev–Trinajstić information content (AvgIpc) is 2.44. The third-order valence-corrected chi connectivity index (χ3v) is 3.08. The minimum atomic E-state index is -1.04. The van der Waals surface area contributed by atoms with E-state index in [9.17, 15) is 9.90 Å². The molecule has 0 aliphatic heterocycles.